The average molecular weight is 840 g/mol. The third kappa shape index (κ3) is 10.2. The number of hydrogen-bond acceptors (Lipinski definition) is 14. The third-order valence-corrected chi connectivity index (χ3v) is 11.1. The fourth-order valence-electron chi connectivity index (χ4n) is 7.94. The van der Waals surface area contributed by atoms with E-state index in [4.69, 9.17) is 14.5 Å². The predicted molar refractivity (Wildman–Crippen MR) is 225 cm³/mol. The summed E-state index contributed by atoms with van der Waals surface area (Å²) < 4.78 is 11.3. The number of benzene rings is 2. The molecule has 0 radical (unpaired) electrons. The highest BCUT2D eigenvalue weighted by Gasteiger charge is 2.46. The first-order chi connectivity index (χ1) is 29.6. The van der Waals surface area contributed by atoms with Gasteiger partial charge in [0.05, 0.1) is 41.9 Å². The summed E-state index contributed by atoms with van der Waals surface area (Å²) in [6.45, 7) is 2.46. The summed E-state index contributed by atoms with van der Waals surface area (Å²) in [5.41, 5.74) is 1.76. The zero-order valence-electron chi connectivity index (χ0n) is 34.7. The van der Waals surface area contributed by atoms with Gasteiger partial charge in [0.1, 0.15) is 23.8 Å². The highest BCUT2D eigenvalue weighted by Crippen LogP contribution is 2.36. The molecule has 2 aromatic carbocycles. The van der Waals surface area contributed by atoms with Crippen LogP contribution in [0.25, 0.3) is 0 Å². The van der Waals surface area contributed by atoms with E-state index in [-0.39, 0.29) is 54.3 Å². The molecule has 18 heteroatoms. The maximum absolute atomic E-state index is 13.2. The van der Waals surface area contributed by atoms with Gasteiger partial charge in [0.25, 0.3) is 23.6 Å². The molecule has 3 aliphatic rings. The van der Waals surface area contributed by atoms with Crippen molar-refractivity contribution in [2.24, 2.45) is 0 Å². The summed E-state index contributed by atoms with van der Waals surface area (Å²) in [7, 11) is 3.32. The average Bonchev–Trinajstić information content (AvgIpc) is 3.89. The number of ether oxygens (including phenoxy) is 2. The largest absolute Gasteiger partial charge is 0.495 e. The van der Waals surface area contributed by atoms with E-state index >= 15 is 0 Å². The summed E-state index contributed by atoms with van der Waals surface area (Å²) >= 11 is 0. The first-order valence-corrected chi connectivity index (χ1v) is 20.8. The molecule has 3 aromatic rings. The molecule has 2 unspecified atom stereocenters. The fourth-order valence-corrected chi connectivity index (χ4v) is 7.94. The molecular weight excluding hydrogens is 787 g/mol. The number of anilines is 4. The van der Waals surface area contributed by atoms with E-state index in [0.717, 1.165) is 61.8 Å². The topological polar surface area (TPSA) is 230 Å². The van der Waals surface area contributed by atoms with Crippen LogP contribution in [0.4, 0.5) is 23.1 Å². The fraction of sp³-hybridized carbons (Fsp3) is 0.465. The number of carbonyl (C=O) groups is 7. The Morgan fingerprint density at radius 3 is 2.41 bits per heavy atom. The number of nitrogens with one attached hydrogen (secondary N) is 5. The van der Waals surface area contributed by atoms with Crippen molar-refractivity contribution in [2.45, 2.75) is 95.7 Å². The van der Waals surface area contributed by atoms with Gasteiger partial charge in [0.2, 0.25) is 17.8 Å². The highest BCUT2D eigenvalue weighted by atomic mass is 16.5. The van der Waals surface area contributed by atoms with Crippen LogP contribution in [0.5, 0.6) is 11.5 Å². The van der Waals surface area contributed by atoms with E-state index < -0.39 is 35.6 Å². The summed E-state index contributed by atoms with van der Waals surface area (Å²) in [6, 6.07) is 8.32. The van der Waals surface area contributed by atoms with Crippen LogP contribution in [-0.2, 0) is 19.2 Å². The molecule has 1 saturated carbocycles. The lowest BCUT2D eigenvalue weighted by molar-refractivity contribution is -0.136. The van der Waals surface area contributed by atoms with Crippen molar-refractivity contribution in [1.82, 2.24) is 30.8 Å². The lowest BCUT2D eigenvalue weighted by atomic mass is 10.0. The van der Waals surface area contributed by atoms with E-state index in [1.54, 1.807) is 31.4 Å². The Labute approximate surface area is 353 Å². The monoisotopic (exact) mass is 839 g/mol. The Bertz CT molecular complexity index is 2140. The number of unbranched alkanes of at least 4 members (excludes halogenated alkanes) is 3. The van der Waals surface area contributed by atoms with Crippen molar-refractivity contribution < 1.29 is 43.0 Å². The van der Waals surface area contributed by atoms with Gasteiger partial charge in [-0.3, -0.25) is 39.0 Å². The van der Waals surface area contributed by atoms with Gasteiger partial charge in [0, 0.05) is 38.2 Å². The third-order valence-electron chi connectivity index (χ3n) is 11.1. The zero-order valence-corrected chi connectivity index (χ0v) is 34.7. The minimum atomic E-state index is -1.11. The van der Waals surface area contributed by atoms with Crippen LogP contribution < -0.4 is 41.0 Å². The Morgan fingerprint density at radius 1 is 0.967 bits per heavy atom. The number of imide groups is 2. The van der Waals surface area contributed by atoms with Gasteiger partial charge in [-0.1, -0.05) is 38.7 Å². The van der Waals surface area contributed by atoms with E-state index in [9.17, 15) is 33.6 Å². The van der Waals surface area contributed by atoms with Crippen LogP contribution in [-0.4, -0.2) is 109 Å². The van der Waals surface area contributed by atoms with Crippen molar-refractivity contribution in [1.29, 1.82) is 0 Å². The minimum Gasteiger partial charge on any atom is -0.495 e. The second-order valence-electron chi connectivity index (χ2n) is 15.1. The van der Waals surface area contributed by atoms with E-state index in [1.165, 1.54) is 25.3 Å². The SMILES string of the molecule is CCC(C=O)N(c1nc(Nc2ccc(C(=O)NCCCCCCNC(=O)COc3cccc4c3C(=O)N(C3CCC(=O)NC3=O)C4=O)cc2OC)ncc1NC)C1CCCC1. The standard InChI is InChI=1S/C43H53N9O9/c1-4-27(24-53)51(28-12-7-8-13-28)38-31(44-2)23-47-43(50-38)48-30-17-16-26(22-34(30)60-3)39(56)46-21-10-6-5-9-20-45-36(55)25-61-33-15-11-14-29-37(33)42(59)52(41(29)58)32-18-19-35(54)49-40(32)57/h11,14-17,22-24,27-28,32,44H,4-10,12-13,18-21,25H2,1-3H3,(H,45,55)(H,46,56)(H,47,48,50)(H,49,54,57). The molecule has 6 rings (SSSR count). The molecule has 3 heterocycles. The molecule has 1 aliphatic carbocycles. The summed E-state index contributed by atoms with van der Waals surface area (Å²) in [4.78, 5) is 100. The lowest BCUT2D eigenvalue weighted by Gasteiger charge is -2.35. The van der Waals surface area contributed by atoms with Gasteiger partial charge in [-0.25, -0.2) is 4.98 Å². The molecule has 2 fully saturated rings. The molecule has 2 atom stereocenters. The van der Waals surface area contributed by atoms with Crippen LogP contribution in [0.15, 0.2) is 42.6 Å². The molecule has 2 aliphatic heterocycles. The quantitative estimate of drug-likeness (QED) is 0.0583. The number of piperidine rings is 1. The summed E-state index contributed by atoms with van der Waals surface area (Å²) in [5.74, 6) is -1.73. The number of rotatable bonds is 21. The van der Waals surface area contributed by atoms with Crippen LogP contribution in [0.2, 0.25) is 0 Å². The van der Waals surface area contributed by atoms with Gasteiger partial charge >= 0.3 is 0 Å². The van der Waals surface area contributed by atoms with Crippen LogP contribution >= 0.6 is 0 Å². The first-order valence-electron chi connectivity index (χ1n) is 20.8. The van der Waals surface area contributed by atoms with Gasteiger partial charge in [-0.2, -0.15) is 4.98 Å². The van der Waals surface area contributed by atoms with Crippen molar-refractivity contribution in [3.8, 4) is 11.5 Å². The van der Waals surface area contributed by atoms with Crippen LogP contribution in [0.3, 0.4) is 0 Å². The van der Waals surface area contributed by atoms with Crippen molar-refractivity contribution >= 4 is 64.9 Å². The number of methoxy groups -OCH3 is 1. The minimum absolute atomic E-state index is 0.00627. The predicted octanol–water partition coefficient (Wildman–Crippen LogP) is 3.88. The number of amides is 6. The molecule has 324 valence electrons. The highest BCUT2D eigenvalue weighted by molar-refractivity contribution is 6.24. The van der Waals surface area contributed by atoms with Crippen molar-refractivity contribution in [3.63, 3.8) is 0 Å². The Morgan fingerprint density at radius 2 is 1.72 bits per heavy atom. The summed E-state index contributed by atoms with van der Waals surface area (Å²) in [6.07, 6.45) is 10.6. The van der Waals surface area contributed by atoms with Crippen LogP contribution in [0.1, 0.15) is 109 Å². The van der Waals surface area contributed by atoms with E-state index in [2.05, 4.69) is 36.5 Å². The molecule has 5 N–H and O–H groups in total. The number of aromatic nitrogens is 2. The molecule has 1 saturated heterocycles. The summed E-state index contributed by atoms with van der Waals surface area (Å²) in [5, 5.41) is 14.3. The number of nitrogens with zero attached hydrogens (tertiary/aromatic N) is 4. The molecule has 61 heavy (non-hydrogen) atoms. The Hall–Kier alpha value is -6.59. The number of carbonyl (C=O) groups excluding carboxylic acids is 7. The molecule has 0 bridgehead atoms. The normalized spacial score (nSPS) is 16.7. The molecule has 6 amide bonds. The zero-order chi connectivity index (χ0) is 43.5. The van der Waals surface area contributed by atoms with Crippen molar-refractivity contribution in [3.05, 3.63) is 59.3 Å². The number of hydrogen-bond donors (Lipinski definition) is 5. The van der Waals surface area contributed by atoms with Gasteiger partial charge < -0.3 is 40.4 Å². The number of fused-ring (bicyclic) bond motifs is 1. The van der Waals surface area contributed by atoms with Gasteiger partial charge in [-0.05, 0) is 68.9 Å². The molecule has 1 aromatic heterocycles. The lowest BCUT2D eigenvalue weighted by Crippen LogP contribution is -2.54. The van der Waals surface area contributed by atoms with E-state index in [0.29, 0.717) is 54.7 Å². The van der Waals surface area contributed by atoms with Gasteiger partial charge in [-0.15, -0.1) is 0 Å². The molecular formula is C43H53N9O9. The maximum Gasteiger partial charge on any atom is 0.266 e. The number of aldehydes is 1. The van der Waals surface area contributed by atoms with Crippen LogP contribution in [0, 0.1) is 0 Å². The van der Waals surface area contributed by atoms with Crippen molar-refractivity contribution in [2.75, 3.05) is 49.4 Å². The van der Waals surface area contributed by atoms with Gasteiger partial charge in [0.15, 0.2) is 12.4 Å². The molecule has 0 spiro atoms. The second-order valence-corrected chi connectivity index (χ2v) is 15.1. The Kier molecular flexibility index (Phi) is 14.8. The second kappa shape index (κ2) is 20.6. The molecule has 18 nitrogen and oxygen atoms in total. The van der Waals surface area contributed by atoms with E-state index in [1.807, 2.05) is 6.92 Å². The first kappa shape index (κ1) is 44.0. The maximum atomic E-state index is 13.2. The smallest absolute Gasteiger partial charge is 0.266 e. The Balaban J connectivity index is 0.917.